The number of halogens is 1. The highest BCUT2D eigenvalue weighted by Gasteiger charge is 2.21. The van der Waals surface area contributed by atoms with Crippen LogP contribution in [0.25, 0.3) is 0 Å². The van der Waals surface area contributed by atoms with E-state index in [-0.39, 0.29) is 6.54 Å². The fraction of sp³-hybridized carbons (Fsp3) is 0.462. The molecule has 2 amide bonds. The number of benzene rings is 1. The molecule has 1 aromatic carbocycles. The molecule has 1 unspecified atom stereocenters. The van der Waals surface area contributed by atoms with E-state index in [1.54, 1.807) is 13.0 Å². The molecule has 0 saturated carbocycles. The molecular weight excluding hydrogens is 249 g/mol. The largest absolute Gasteiger partial charge is 0.387 e. The Morgan fingerprint density at radius 1 is 1.47 bits per heavy atom. The van der Waals surface area contributed by atoms with E-state index in [0.717, 1.165) is 0 Å². The van der Waals surface area contributed by atoms with Gasteiger partial charge in [0.05, 0.1) is 5.60 Å². The maximum atomic E-state index is 12.9. The van der Waals surface area contributed by atoms with E-state index in [1.807, 2.05) is 19.0 Å². The average Bonchev–Trinajstić information content (AvgIpc) is 2.25. The van der Waals surface area contributed by atoms with Gasteiger partial charge in [0.1, 0.15) is 5.82 Å². The van der Waals surface area contributed by atoms with Gasteiger partial charge in [0.2, 0.25) is 0 Å². The van der Waals surface area contributed by atoms with Crippen LogP contribution in [0.15, 0.2) is 24.3 Å². The van der Waals surface area contributed by atoms with Crippen molar-refractivity contribution in [1.29, 1.82) is 0 Å². The van der Waals surface area contributed by atoms with Crippen LogP contribution < -0.4 is 10.6 Å². The third-order valence-corrected chi connectivity index (χ3v) is 2.37. The van der Waals surface area contributed by atoms with E-state index >= 15 is 0 Å². The number of likely N-dealkylation sites (N-methyl/N-ethyl adjacent to an activating group) is 1. The van der Waals surface area contributed by atoms with Crippen LogP contribution in [-0.2, 0) is 0 Å². The minimum Gasteiger partial charge on any atom is -0.387 e. The van der Waals surface area contributed by atoms with Crippen molar-refractivity contribution in [3.8, 4) is 0 Å². The van der Waals surface area contributed by atoms with Gasteiger partial charge in [-0.05, 0) is 39.2 Å². The first-order chi connectivity index (χ1) is 8.78. The van der Waals surface area contributed by atoms with Crippen molar-refractivity contribution in [3.05, 3.63) is 30.1 Å². The number of carbonyl (C=O) groups excluding carboxylic acids is 1. The van der Waals surface area contributed by atoms with E-state index in [9.17, 15) is 14.3 Å². The maximum Gasteiger partial charge on any atom is 0.319 e. The zero-order valence-electron chi connectivity index (χ0n) is 11.4. The Labute approximate surface area is 112 Å². The van der Waals surface area contributed by atoms with Gasteiger partial charge in [0, 0.05) is 18.8 Å². The summed E-state index contributed by atoms with van der Waals surface area (Å²) in [7, 11) is 3.67. The SMILES string of the molecule is CN(C)CC(C)(O)CNC(=O)Nc1cccc(F)c1. The summed E-state index contributed by atoms with van der Waals surface area (Å²) >= 11 is 0. The highest BCUT2D eigenvalue weighted by molar-refractivity contribution is 5.89. The summed E-state index contributed by atoms with van der Waals surface area (Å²) in [6.45, 7) is 2.16. The van der Waals surface area contributed by atoms with Crippen LogP contribution in [0, 0.1) is 5.82 Å². The Morgan fingerprint density at radius 3 is 2.74 bits per heavy atom. The van der Waals surface area contributed by atoms with Crippen LogP contribution in [0.4, 0.5) is 14.9 Å². The summed E-state index contributed by atoms with van der Waals surface area (Å²) in [4.78, 5) is 13.4. The average molecular weight is 269 g/mol. The van der Waals surface area contributed by atoms with Gasteiger partial charge >= 0.3 is 6.03 Å². The van der Waals surface area contributed by atoms with Gasteiger partial charge in [-0.2, -0.15) is 0 Å². The van der Waals surface area contributed by atoms with Gasteiger partial charge in [-0.25, -0.2) is 9.18 Å². The lowest BCUT2D eigenvalue weighted by Gasteiger charge is -2.27. The minimum absolute atomic E-state index is 0.104. The molecule has 0 aliphatic carbocycles. The third-order valence-electron chi connectivity index (χ3n) is 2.37. The molecule has 5 nitrogen and oxygen atoms in total. The molecule has 0 radical (unpaired) electrons. The zero-order chi connectivity index (χ0) is 14.5. The molecule has 0 heterocycles. The molecule has 0 fully saturated rings. The van der Waals surface area contributed by atoms with Gasteiger partial charge in [0.15, 0.2) is 0 Å². The molecule has 0 spiro atoms. The number of nitrogens with one attached hydrogen (secondary N) is 2. The number of urea groups is 1. The number of anilines is 1. The fourth-order valence-corrected chi connectivity index (χ4v) is 1.75. The monoisotopic (exact) mass is 269 g/mol. The second-order valence-corrected chi connectivity index (χ2v) is 5.05. The molecular formula is C13H20FN3O2. The van der Waals surface area contributed by atoms with Gasteiger partial charge in [-0.15, -0.1) is 0 Å². The van der Waals surface area contributed by atoms with Crippen LogP contribution in [0.2, 0.25) is 0 Å². The summed E-state index contributed by atoms with van der Waals surface area (Å²) in [6.07, 6.45) is 0. The highest BCUT2D eigenvalue weighted by Crippen LogP contribution is 2.09. The molecule has 0 bridgehead atoms. The maximum absolute atomic E-state index is 12.9. The molecule has 19 heavy (non-hydrogen) atoms. The van der Waals surface area contributed by atoms with Crippen LogP contribution in [0.1, 0.15) is 6.92 Å². The Bertz CT molecular complexity index is 436. The number of aliphatic hydroxyl groups is 1. The number of carbonyl (C=O) groups is 1. The fourth-order valence-electron chi connectivity index (χ4n) is 1.75. The summed E-state index contributed by atoms with van der Waals surface area (Å²) in [5.41, 5.74) is -0.660. The molecule has 6 heteroatoms. The lowest BCUT2D eigenvalue weighted by Crippen LogP contribution is -2.48. The predicted octanol–water partition coefficient (Wildman–Crippen LogP) is 1.26. The first-order valence-corrected chi connectivity index (χ1v) is 5.96. The Morgan fingerprint density at radius 2 is 2.16 bits per heavy atom. The Kier molecular flexibility index (Phi) is 5.26. The zero-order valence-corrected chi connectivity index (χ0v) is 11.4. The predicted molar refractivity (Wildman–Crippen MR) is 72.6 cm³/mol. The van der Waals surface area contributed by atoms with Crippen LogP contribution in [-0.4, -0.2) is 48.8 Å². The number of nitrogens with zero attached hydrogens (tertiary/aromatic N) is 1. The van der Waals surface area contributed by atoms with Gasteiger partial charge < -0.3 is 20.6 Å². The molecule has 0 saturated heterocycles. The van der Waals surface area contributed by atoms with Crippen molar-refractivity contribution in [2.75, 3.05) is 32.5 Å². The van der Waals surface area contributed by atoms with E-state index in [1.165, 1.54) is 18.2 Å². The van der Waals surface area contributed by atoms with E-state index in [4.69, 9.17) is 0 Å². The lowest BCUT2D eigenvalue weighted by atomic mass is 10.1. The van der Waals surface area contributed by atoms with Crippen molar-refractivity contribution in [1.82, 2.24) is 10.2 Å². The first kappa shape index (κ1) is 15.4. The number of amides is 2. The van der Waals surface area contributed by atoms with Gasteiger partial charge in [-0.1, -0.05) is 6.07 Å². The quantitative estimate of drug-likeness (QED) is 0.754. The topological polar surface area (TPSA) is 64.6 Å². The van der Waals surface area contributed by atoms with Crippen molar-refractivity contribution in [3.63, 3.8) is 0 Å². The molecule has 0 aromatic heterocycles. The Hall–Kier alpha value is -1.66. The second kappa shape index (κ2) is 6.49. The number of hydrogen-bond acceptors (Lipinski definition) is 3. The standard InChI is InChI=1S/C13H20FN3O2/c1-13(19,9-17(2)3)8-15-12(18)16-11-6-4-5-10(14)7-11/h4-7,19H,8-9H2,1-3H3,(H2,15,16,18). The summed E-state index contributed by atoms with van der Waals surface area (Å²) < 4.78 is 12.9. The molecule has 3 N–H and O–H groups in total. The van der Waals surface area contributed by atoms with Crippen LogP contribution in [0.5, 0.6) is 0 Å². The van der Waals surface area contributed by atoms with Crippen molar-refractivity contribution < 1.29 is 14.3 Å². The minimum atomic E-state index is -1.03. The summed E-state index contributed by atoms with van der Waals surface area (Å²) in [6, 6.07) is 5.13. The molecule has 0 aliphatic heterocycles. The van der Waals surface area contributed by atoms with Crippen molar-refractivity contribution in [2.24, 2.45) is 0 Å². The van der Waals surface area contributed by atoms with Gasteiger partial charge in [-0.3, -0.25) is 0 Å². The third kappa shape index (κ3) is 6.17. The van der Waals surface area contributed by atoms with E-state index in [0.29, 0.717) is 12.2 Å². The Balaban J connectivity index is 2.44. The van der Waals surface area contributed by atoms with Crippen molar-refractivity contribution >= 4 is 11.7 Å². The van der Waals surface area contributed by atoms with Crippen LogP contribution in [0.3, 0.4) is 0 Å². The first-order valence-electron chi connectivity index (χ1n) is 5.96. The normalized spacial score (nSPS) is 14.0. The molecule has 106 valence electrons. The highest BCUT2D eigenvalue weighted by atomic mass is 19.1. The lowest BCUT2D eigenvalue weighted by molar-refractivity contribution is 0.0364. The van der Waals surface area contributed by atoms with Crippen molar-refractivity contribution in [2.45, 2.75) is 12.5 Å². The summed E-state index contributed by atoms with van der Waals surface area (Å²) in [5.74, 6) is -0.419. The molecule has 0 aliphatic rings. The smallest absolute Gasteiger partial charge is 0.319 e. The molecule has 1 aromatic rings. The van der Waals surface area contributed by atoms with E-state index in [2.05, 4.69) is 10.6 Å². The number of hydrogen-bond donors (Lipinski definition) is 3. The summed E-state index contributed by atoms with van der Waals surface area (Å²) in [5, 5.41) is 15.0. The van der Waals surface area contributed by atoms with E-state index < -0.39 is 17.4 Å². The van der Waals surface area contributed by atoms with Gasteiger partial charge in [0.25, 0.3) is 0 Å². The molecule has 1 atom stereocenters. The molecule has 1 rings (SSSR count). The number of rotatable bonds is 5. The van der Waals surface area contributed by atoms with Crippen LogP contribution >= 0.6 is 0 Å². The second-order valence-electron chi connectivity index (χ2n) is 5.05.